The van der Waals surface area contributed by atoms with Crippen LogP contribution >= 0.6 is 11.6 Å². The van der Waals surface area contributed by atoms with Crippen molar-refractivity contribution >= 4 is 41.2 Å². The maximum absolute atomic E-state index is 13.1. The molecule has 8 nitrogen and oxygen atoms in total. The lowest BCUT2D eigenvalue weighted by atomic mass is 10.1. The minimum absolute atomic E-state index is 0.195. The molecule has 1 fully saturated rings. The molecule has 1 N–H and O–H groups in total. The lowest BCUT2D eigenvalue weighted by Gasteiger charge is -2.26. The number of carbonyl (C=O) groups excluding carboxylic acids is 3. The highest BCUT2D eigenvalue weighted by Crippen LogP contribution is 2.30. The van der Waals surface area contributed by atoms with Gasteiger partial charge < -0.3 is 14.2 Å². The van der Waals surface area contributed by atoms with Crippen LogP contribution in [0.15, 0.2) is 72.3 Å². The summed E-state index contributed by atoms with van der Waals surface area (Å²) in [6.45, 7) is 0.326. The van der Waals surface area contributed by atoms with Crippen LogP contribution in [0.2, 0.25) is 5.02 Å². The zero-order chi connectivity index (χ0) is 24.9. The largest absolute Gasteiger partial charge is 0.493 e. The fourth-order valence-electron chi connectivity index (χ4n) is 3.44. The average molecular weight is 493 g/mol. The van der Waals surface area contributed by atoms with Crippen LogP contribution in [0.3, 0.4) is 0 Å². The first-order chi connectivity index (χ1) is 16.9. The molecule has 3 aromatic carbocycles. The Balaban J connectivity index is 1.54. The fourth-order valence-corrected chi connectivity index (χ4v) is 3.57. The minimum Gasteiger partial charge on any atom is -0.493 e. The van der Waals surface area contributed by atoms with E-state index in [0.29, 0.717) is 34.4 Å². The van der Waals surface area contributed by atoms with Crippen LogP contribution in [0.1, 0.15) is 11.1 Å². The van der Waals surface area contributed by atoms with Crippen LogP contribution < -0.4 is 24.4 Å². The van der Waals surface area contributed by atoms with Gasteiger partial charge in [-0.2, -0.15) is 0 Å². The Kier molecular flexibility index (Phi) is 7.03. The molecule has 0 atom stereocenters. The zero-order valence-electron chi connectivity index (χ0n) is 18.9. The first-order valence-corrected chi connectivity index (χ1v) is 10.9. The van der Waals surface area contributed by atoms with E-state index < -0.39 is 17.8 Å². The molecule has 0 aliphatic carbocycles. The van der Waals surface area contributed by atoms with E-state index in [0.717, 1.165) is 10.5 Å². The van der Waals surface area contributed by atoms with E-state index in [2.05, 4.69) is 5.32 Å². The van der Waals surface area contributed by atoms with E-state index in [1.807, 2.05) is 12.1 Å². The standard InChI is InChI=1S/C26H21ClN2O6/c1-33-22-12-5-17(14-23(22)34-2)13-21-24(30)28-26(32)29(25(21)31)19-8-10-20(11-9-19)35-15-16-3-6-18(27)7-4-16/h3-14H,15H2,1-2H3,(H,28,30,32). The summed E-state index contributed by atoms with van der Waals surface area (Å²) in [4.78, 5) is 39.0. The molecular formula is C26H21ClN2O6. The summed E-state index contributed by atoms with van der Waals surface area (Å²) >= 11 is 5.89. The van der Waals surface area contributed by atoms with Crippen molar-refractivity contribution in [2.24, 2.45) is 0 Å². The third kappa shape index (κ3) is 5.28. The van der Waals surface area contributed by atoms with Crippen molar-refractivity contribution in [3.8, 4) is 17.2 Å². The summed E-state index contributed by atoms with van der Waals surface area (Å²) in [6, 6.07) is 17.8. The number of halogens is 1. The molecule has 4 amide bonds. The second kappa shape index (κ2) is 10.3. The number of nitrogens with one attached hydrogen (secondary N) is 1. The number of hydrogen-bond acceptors (Lipinski definition) is 6. The van der Waals surface area contributed by atoms with Crippen molar-refractivity contribution in [1.29, 1.82) is 0 Å². The van der Waals surface area contributed by atoms with Crippen LogP contribution in [0, 0.1) is 0 Å². The Morgan fingerprint density at radius 3 is 2.23 bits per heavy atom. The minimum atomic E-state index is -0.834. The van der Waals surface area contributed by atoms with Crippen LogP contribution in [0.4, 0.5) is 10.5 Å². The van der Waals surface area contributed by atoms with E-state index in [1.54, 1.807) is 54.6 Å². The van der Waals surface area contributed by atoms with Gasteiger partial charge in [-0.3, -0.25) is 14.9 Å². The van der Waals surface area contributed by atoms with Gasteiger partial charge in [0.2, 0.25) is 0 Å². The van der Waals surface area contributed by atoms with Crippen molar-refractivity contribution in [1.82, 2.24) is 5.32 Å². The highest BCUT2D eigenvalue weighted by atomic mass is 35.5. The number of carbonyl (C=O) groups is 3. The summed E-state index contributed by atoms with van der Waals surface area (Å²) < 4.78 is 16.2. The molecule has 0 unspecified atom stereocenters. The van der Waals surface area contributed by atoms with Crippen molar-refractivity contribution in [2.75, 3.05) is 19.1 Å². The molecule has 0 bridgehead atoms. The maximum atomic E-state index is 13.1. The Labute approximate surface area is 206 Å². The normalized spacial score (nSPS) is 14.7. The second-order valence-electron chi connectivity index (χ2n) is 7.48. The van der Waals surface area contributed by atoms with Gasteiger partial charge in [-0.25, -0.2) is 9.69 Å². The molecule has 0 aromatic heterocycles. The molecule has 0 radical (unpaired) electrons. The number of urea groups is 1. The van der Waals surface area contributed by atoms with Gasteiger partial charge in [0.1, 0.15) is 17.9 Å². The highest BCUT2D eigenvalue weighted by molar-refractivity contribution is 6.39. The third-order valence-corrected chi connectivity index (χ3v) is 5.49. The number of hydrogen-bond donors (Lipinski definition) is 1. The molecule has 4 rings (SSSR count). The monoisotopic (exact) mass is 492 g/mol. The quantitative estimate of drug-likeness (QED) is 0.382. The topological polar surface area (TPSA) is 94.2 Å². The summed E-state index contributed by atoms with van der Waals surface area (Å²) in [6.07, 6.45) is 1.39. The number of methoxy groups -OCH3 is 2. The molecule has 1 saturated heterocycles. The molecule has 35 heavy (non-hydrogen) atoms. The number of amides is 4. The van der Waals surface area contributed by atoms with Gasteiger partial charge >= 0.3 is 6.03 Å². The summed E-state index contributed by atoms with van der Waals surface area (Å²) in [5.74, 6) is -0.0417. The van der Waals surface area contributed by atoms with Crippen molar-refractivity contribution in [3.05, 3.63) is 88.5 Å². The second-order valence-corrected chi connectivity index (χ2v) is 7.92. The van der Waals surface area contributed by atoms with Gasteiger partial charge in [0.05, 0.1) is 19.9 Å². The third-order valence-electron chi connectivity index (χ3n) is 5.23. The molecule has 1 aliphatic heterocycles. The number of anilines is 1. The van der Waals surface area contributed by atoms with Crippen molar-refractivity contribution in [3.63, 3.8) is 0 Å². The van der Waals surface area contributed by atoms with Gasteiger partial charge in [-0.15, -0.1) is 0 Å². The molecule has 0 saturated carbocycles. The molecule has 1 heterocycles. The first-order valence-electron chi connectivity index (χ1n) is 10.5. The maximum Gasteiger partial charge on any atom is 0.335 e. The van der Waals surface area contributed by atoms with E-state index in [-0.39, 0.29) is 11.3 Å². The Morgan fingerprint density at radius 2 is 1.57 bits per heavy atom. The Bertz CT molecular complexity index is 1300. The first kappa shape index (κ1) is 23.8. The smallest absolute Gasteiger partial charge is 0.335 e. The number of rotatable bonds is 7. The summed E-state index contributed by atoms with van der Waals surface area (Å²) in [7, 11) is 2.99. The molecule has 1 aliphatic rings. The number of imide groups is 2. The predicted molar refractivity (Wildman–Crippen MR) is 131 cm³/mol. The van der Waals surface area contributed by atoms with Gasteiger partial charge in [-0.05, 0) is 65.7 Å². The lowest BCUT2D eigenvalue weighted by molar-refractivity contribution is -0.122. The number of ether oxygens (including phenoxy) is 3. The van der Waals surface area contributed by atoms with Gasteiger partial charge in [-0.1, -0.05) is 29.8 Å². The van der Waals surface area contributed by atoms with Gasteiger partial charge in [0.15, 0.2) is 11.5 Å². The van der Waals surface area contributed by atoms with Crippen LogP contribution in [0.25, 0.3) is 6.08 Å². The van der Waals surface area contributed by atoms with Crippen molar-refractivity contribution in [2.45, 2.75) is 6.61 Å². The van der Waals surface area contributed by atoms with Crippen molar-refractivity contribution < 1.29 is 28.6 Å². The number of barbiturate groups is 1. The number of benzene rings is 3. The zero-order valence-corrected chi connectivity index (χ0v) is 19.7. The van der Waals surface area contributed by atoms with Crippen LogP contribution in [0.5, 0.6) is 17.2 Å². The van der Waals surface area contributed by atoms with E-state index in [1.165, 1.54) is 20.3 Å². The van der Waals surface area contributed by atoms with E-state index in [9.17, 15) is 14.4 Å². The molecule has 3 aromatic rings. The van der Waals surface area contributed by atoms with Gasteiger partial charge in [0.25, 0.3) is 11.8 Å². The SMILES string of the molecule is COc1ccc(C=C2C(=O)NC(=O)N(c3ccc(OCc4ccc(Cl)cc4)cc3)C2=O)cc1OC. The fraction of sp³-hybridized carbons (Fsp3) is 0.115. The summed E-state index contributed by atoms with van der Waals surface area (Å²) in [5, 5.41) is 2.85. The molecular weight excluding hydrogens is 472 g/mol. The highest BCUT2D eigenvalue weighted by Gasteiger charge is 2.36. The molecule has 0 spiro atoms. The average Bonchev–Trinajstić information content (AvgIpc) is 2.86. The van der Waals surface area contributed by atoms with E-state index in [4.69, 9.17) is 25.8 Å². The molecule has 9 heteroatoms. The summed E-state index contributed by atoms with van der Waals surface area (Å²) in [5.41, 5.74) is 1.56. The lowest BCUT2D eigenvalue weighted by Crippen LogP contribution is -2.54. The molecule has 178 valence electrons. The Hall–Kier alpha value is -4.30. The van der Waals surface area contributed by atoms with Crippen LogP contribution in [-0.2, 0) is 16.2 Å². The van der Waals surface area contributed by atoms with Crippen LogP contribution in [-0.4, -0.2) is 32.1 Å². The van der Waals surface area contributed by atoms with E-state index >= 15 is 0 Å². The predicted octanol–water partition coefficient (Wildman–Crippen LogP) is 4.60. The Morgan fingerprint density at radius 1 is 0.886 bits per heavy atom. The van der Waals surface area contributed by atoms with Gasteiger partial charge in [0, 0.05) is 5.02 Å². The number of nitrogens with zero attached hydrogens (tertiary/aromatic N) is 1.